The number of hydrogen-bond donors (Lipinski definition) is 1. The summed E-state index contributed by atoms with van der Waals surface area (Å²) in [5, 5.41) is 10.4. The summed E-state index contributed by atoms with van der Waals surface area (Å²) in [7, 11) is 0. The highest BCUT2D eigenvalue weighted by molar-refractivity contribution is 5.82. The number of hydrogen-bond acceptors (Lipinski definition) is 5. The monoisotopic (exact) mass is 289 g/mol. The zero-order chi connectivity index (χ0) is 14.8. The van der Waals surface area contributed by atoms with E-state index in [9.17, 15) is 9.90 Å². The van der Waals surface area contributed by atoms with Gasteiger partial charge in [0, 0.05) is 36.7 Å². The second-order valence-electron chi connectivity index (χ2n) is 5.38. The molecule has 1 aliphatic heterocycles. The van der Waals surface area contributed by atoms with Gasteiger partial charge < -0.3 is 14.3 Å². The number of nitrogens with zero attached hydrogens (tertiary/aromatic N) is 1. The standard InChI is InChI=1S/C16H19NO4/c1-11-13-3-2-12(18)10-15(13)21-16(19)14(11)4-5-17-6-8-20-9-7-17/h2-3,10,18H,4-9H2,1H3. The summed E-state index contributed by atoms with van der Waals surface area (Å²) in [6.07, 6.45) is 0.672. The lowest BCUT2D eigenvalue weighted by atomic mass is 10.0. The second kappa shape index (κ2) is 5.87. The van der Waals surface area contributed by atoms with E-state index in [1.807, 2.05) is 6.92 Å². The Hall–Kier alpha value is -1.85. The molecule has 1 saturated heterocycles. The fourth-order valence-electron chi connectivity index (χ4n) is 2.77. The lowest BCUT2D eigenvalue weighted by Gasteiger charge is -2.26. The summed E-state index contributed by atoms with van der Waals surface area (Å²) in [6.45, 7) is 6.09. The predicted octanol–water partition coefficient (Wildman–Crippen LogP) is 1.68. The molecule has 0 saturated carbocycles. The molecule has 1 aliphatic rings. The molecular formula is C16H19NO4. The van der Waals surface area contributed by atoms with Crippen LogP contribution in [0.25, 0.3) is 11.0 Å². The first kappa shape index (κ1) is 14.1. The predicted molar refractivity (Wildman–Crippen MR) is 79.8 cm³/mol. The molecule has 0 unspecified atom stereocenters. The van der Waals surface area contributed by atoms with Crippen molar-refractivity contribution in [2.24, 2.45) is 0 Å². The van der Waals surface area contributed by atoms with Gasteiger partial charge in [0.15, 0.2) is 0 Å². The SMILES string of the molecule is Cc1c(CCN2CCOCC2)c(=O)oc2cc(O)ccc12. The van der Waals surface area contributed by atoms with Crippen LogP contribution in [0.3, 0.4) is 0 Å². The molecule has 2 heterocycles. The van der Waals surface area contributed by atoms with E-state index >= 15 is 0 Å². The maximum Gasteiger partial charge on any atom is 0.339 e. The smallest absolute Gasteiger partial charge is 0.339 e. The maximum atomic E-state index is 12.1. The number of fused-ring (bicyclic) bond motifs is 1. The average Bonchev–Trinajstić information content (AvgIpc) is 2.47. The minimum absolute atomic E-state index is 0.103. The van der Waals surface area contributed by atoms with Crippen LogP contribution in [0.15, 0.2) is 27.4 Å². The number of rotatable bonds is 3. The number of morpholine rings is 1. The second-order valence-corrected chi connectivity index (χ2v) is 5.38. The fraction of sp³-hybridized carbons (Fsp3) is 0.438. The van der Waals surface area contributed by atoms with Crippen LogP contribution in [0.1, 0.15) is 11.1 Å². The van der Waals surface area contributed by atoms with Crippen LogP contribution in [0.4, 0.5) is 0 Å². The van der Waals surface area contributed by atoms with E-state index in [4.69, 9.17) is 9.15 Å². The van der Waals surface area contributed by atoms with Crippen molar-refractivity contribution in [3.8, 4) is 5.75 Å². The number of benzene rings is 1. The van der Waals surface area contributed by atoms with Gasteiger partial charge >= 0.3 is 5.63 Å². The summed E-state index contributed by atoms with van der Waals surface area (Å²) in [5.41, 5.74) is 1.79. The molecule has 0 amide bonds. The van der Waals surface area contributed by atoms with Crippen molar-refractivity contribution in [3.05, 3.63) is 39.7 Å². The number of aryl methyl sites for hydroxylation is 1. The molecule has 0 spiro atoms. The van der Waals surface area contributed by atoms with Gasteiger partial charge in [0.25, 0.3) is 0 Å². The van der Waals surface area contributed by atoms with Crippen LogP contribution in [0.5, 0.6) is 5.75 Å². The van der Waals surface area contributed by atoms with Crippen molar-refractivity contribution in [3.63, 3.8) is 0 Å². The molecule has 0 atom stereocenters. The van der Waals surface area contributed by atoms with Crippen LogP contribution in [0, 0.1) is 6.92 Å². The van der Waals surface area contributed by atoms with Crippen LogP contribution in [-0.2, 0) is 11.2 Å². The Kier molecular flexibility index (Phi) is 3.94. The highest BCUT2D eigenvalue weighted by Gasteiger charge is 2.15. The third-order valence-electron chi connectivity index (χ3n) is 4.05. The lowest BCUT2D eigenvalue weighted by Crippen LogP contribution is -2.38. The molecule has 2 aromatic rings. The van der Waals surface area contributed by atoms with Gasteiger partial charge in [-0.15, -0.1) is 0 Å². The fourth-order valence-corrected chi connectivity index (χ4v) is 2.77. The first-order valence-corrected chi connectivity index (χ1v) is 7.20. The van der Waals surface area contributed by atoms with Gasteiger partial charge in [-0.1, -0.05) is 0 Å². The third kappa shape index (κ3) is 2.94. The Morgan fingerprint density at radius 2 is 2.05 bits per heavy atom. The molecule has 5 heteroatoms. The van der Waals surface area contributed by atoms with Gasteiger partial charge in [0.05, 0.1) is 13.2 Å². The molecule has 1 aromatic carbocycles. The molecular weight excluding hydrogens is 270 g/mol. The van der Waals surface area contributed by atoms with E-state index < -0.39 is 0 Å². The van der Waals surface area contributed by atoms with Crippen LogP contribution in [-0.4, -0.2) is 42.9 Å². The normalized spacial score (nSPS) is 16.4. The third-order valence-corrected chi connectivity index (χ3v) is 4.05. The Labute approximate surface area is 122 Å². The van der Waals surface area contributed by atoms with E-state index in [0.29, 0.717) is 12.0 Å². The Morgan fingerprint density at radius 3 is 2.81 bits per heavy atom. The maximum absolute atomic E-state index is 12.1. The molecule has 0 bridgehead atoms. The molecule has 1 aromatic heterocycles. The van der Waals surface area contributed by atoms with Crippen molar-refractivity contribution in [2.45, 2.75) is 13.3 Å². The van der Waals surface area contributed by atoms with Crippen molar-refractivity contribution in [1.82, 2.24) is 4.90 Å². The number of ether oxygens (including phenoxy) is 1. The molecule has 21 heavy (non-hydrogen) atoms. The first-order chi connectivity index (χ1) is 10.1. The van der Waals surface area contributed by atoms with Crippen LogP contribution >= 0.6 is 0 Å². The summed E-state index contributed by atoms with van der Waals surface area (Å²) in [6, 6.07) is 4.89. The topological polar surface area (TPSA) is 62.9 Å². The van der Waals surface area contributed by atoms with Gasteiger partial charge in [0.1, 0.15) is 11.3 Å². The number of phenolic OH excluding ortho intramolecular Hbond substituents is 1. The zero-order valence-corrected chi connectivity index (χ0v) is 12.1. The molecule has 1 N–H and O–H groups in total. The quantitative estimate of drug-likeness (QED) is 0.871. The highest BCUT2D eigenvalue weighted by atomic mass is 16.5. The van der Waals surface area contributed by atoms with Crippen molar-refractivity contribution < 1.29 is 14.3 Å². The van der Waals surface area contributed by atoms with Gasteiger partial charge in [-0.25, -0.2) is 4.79 Å². The summed E-state index contributed by atoms with van der Waals surface area (Å²) in [5.74, 6) is 0.103. The summed E-state index contributed by atoms with van der Waals surface area (Å²) in [4.78, 5) is 14.4. The van der Waals surface area contributed by atoms with Gasteiger partial charge in [-0.2, -0.15) is 0 Å². The molecule has 5 nitrogen and oxygen atoms in total. The van der Waals surface area contributed by atoms with Crippen molar-refractivity contribution >= 4 is 11.0 Å². The highest BCUT2D eigenvalue weighted by Crippen LogP contribution is 2.23. The Balaban J connectivity index is 1.87. The summed E-state index contributed by atoms with van der Waals surface area (Å²) >= 11 is 0. The van der Waals surface area contributed by atoms with Crippen molar-refractivity contribution in [1.29, 1.82) is 0 Å². The van der Waals surface area contributed by atoms with Crippen LogP contribution < -0.4 is 5.63 Å². The van der Waals surface area contributed by atoms with Gasteiger partial charge in [-0.05, 0) is 31.0 Å². The van der Waals surface area contributed by atoms with E-state index in [2.05, 4.69) is 4.90 Å². The van der Waals surface area contributed by atoms with Crippen molar-refractivity contribution in [2.75, 3.05) is 32.8 Å². The average molecular weight is 289 g/mol. The summed E-state index contributed by atoms with van der Waals surface area (Å²) < 4.78 is 10.7. The molecule has 3 rings (SSSR count). The van der Waals surface area contributed by atoms with E-state index in [1.165, 1.54) is 6.07 Å². The molecule has 0 radical (unpaired) electrons. The minimum Gasteiger partial charge on any atom is -0.508 e. The van der Waals surface area contributed by atoms with E-state index in [-0.39, 0.29) is 11.4 Å². The largest absolute Gasteiger partial charge is 0.508 e. The van der Waals surface area contributed by atoms with E-state index in [0.717, 1.165) is 49.4 Å². The minimum atomic E-state index is -0.307. The van der Waals surface area contributed by atoms with Gasteiger partial charge in [0.2, 0.25) is 0 Å². The molecule has 112 valence electrons. The first-order valence-electron chi connectivity index (χ1n) is 7.20. The number of phenols is 1. The van der Waals surface area contributed by atoms with Gasteiger partial charge in [-0.3, -0.25) is 4.90 Å². The lowest BCUT2D eigenvalue weighted by molar-refractivity contribution is 0.0383. The van der Waals surface area contributed by atoms with Crippen LogP contribution in [0.2, 0.25) is 0 Å². The molecule has 0 aliphatic carbocycles. The van der Waals surface area contributed by atoms with E-state index in [1.54, 1.807) is 12.1 Å². The Morgan fingerprint density at radius 1 is 1.29 bits per heavy atom. The zero-order valence-electron chi connectivity index (χ0n) is 12.1. The number of aromatic hydroxyl groups is 1. The Bertz CT molecular complexity index is 701. The molecule has 1 fully saturated rings.